The predicted octanol–water partition coefficient (Wildman–Crippen LogP) is 7.66. The number of nitrogens with one attached hydrogen (secondary N) is 2. The molecule has 0 aliphatic carbocycles. The maximum absolute atomic E-state index is 13.0. The Hall–Kier alpha value is -2.84. The van der Waals surface area contributed by atoms with Crippen molar-refractivity contribution in [2.75, 3.05) is 5.32 Å². The van der Waals surface area contributed by atoms with Gasteiger partial charge in [-0.15, -0.1) is 11.3 Å². The van der Waals surface area contributed by atoms with E-state index >= 15 is 0 Å². The fraction of sp³-hybridized carbons (Fsp3) is 0. The van der Waals surface area contributed by atoms with Gasteiger partial charge in [-0.25, -0.2) is 4.98 Å². The molecule has 33 heavy (non-hydrogen) atoms. The molecular formula is C25H15BrClN3OS2. The number of benzene rings is 4. The van der Waals surface area contributed by atoms with Crippen LogP contribution < -0.4 is 10.6 Å². The lowest BCUT2D eigenvalue weighted by molar-refractivity contribution is 0.0979. The molecule has 4 aromatic carbocycles. The lowest BCUT2D eigenvalue weighted by atomic mass is 10.0. The highest BCUT2D eigenvalue weighted by Gasteiger charge is 2.15. The molecule has 1 aromatic heterocycles. The highest BCUT2D eigenvalue weighted by molar-refractivity contribution is 9.10. The molecule has 0 aliphatic heterocycles. The van der Waals surface area contributed by atoms with Crippen LogP contribution in [0.5, 0.6) is 0 Å². The van der Waals surface area contributed by atoms with Crippen LogP contribution in [0.25, 0.3) is 31.6 Å². The Balaban J connectivity index is 1.42. The van der Waals surface area contributed by atoms with Gasteiger partial charge in [-0.3, -0.25) is 10.1 Å². The van der Waals surface area contributed by atoms with Crippen molar-refractivity contribution in [3.8, 4) is 10.6 Å². The molecule has 0 saturated heterocycles. The lowest BCUT2D eigenvalue weighted by Gasteiger charge is -2.14. The average molecular weight is 553 g/mol. The average Bonchev–Trinajstić information content (AvgIpc) is 3.24. The topological polar surface area (TPSA) is 54.0 Å². The number of carbonyl (C=O) groups excluding carboxylic acids is 1. The van der Waals surface area contributed by atoms with Crippen molar-refractivity contribution in [3.05, 3.63) is 93.9 Å². The van der Waals surface area contributed by atoms with Gasteiger partial charge in [-0.2, -0.15) is 0 Å². The van der Waals surface area contributed by atoms with E-state index in [9.17, 15) is 4.79 Å². The molecule has 0 aliphatic rings. The van der Waals surface area contributed by atoms with Crippen molar-refractivity contribution in [2.45, 2.75) is 0 Å². The molecule has 162 valence electrons. The first-order valence-electron chi connectivity index (χ1n) is 9.95. The minimum absolute atomic E-state index is 0.191. The summed E-state index contributed by atoms with van der Waals surface area (Å²) >= 11 is 16.8. The molecule has 0 atom stereocenters. The summed E-state index contributed by atoms with van der Waals surface area (Å²) in [5.41, 5.74) is 2.99. The van der Waals surface area contributed by atoms with Crippen LogP contribution in [0.15, 0.2) is 83.3 Å². The van der Waals surface area contributed by atoms with E-state index in [2.05, 4.69) is 26.6 Å². The number of amides is 1. The standard InChI is InChI=1S/C25H15BrClN3OS2/c26-19-8-4-5-15-16(19)6-3-7-17(15)23(31)30-25(32)29-20-12-11-14(27)13-18(20)24-28-21-9-1-2-10-22(21)33-24/h1-13H,(H2,29,30,31,32). The maximum Gasteiger partial charge on any atom is 0.258 e. The van der Waals surface area contributed by atoms with E-state index in [-0.39, 0.29) is 11.0 Å². The van der Waals surface area contributed by atoms with Crippen molar-refractivity contribution in [1.29, 1.82) is 0 Å². The number of hydrogen-bond donors (Lipinski definition) is 2. The van der Waals surface area contributed by atoms with Gasteiger partial charge in [0.2, 0.25) is 0 Å². The van der Waals surface area contributed by atoms with Crippen LogP contribution >= 0.6 is 51.1 Å². The van der Waals surface area contributed by atoms with Gasteiger partial charge in [0.15, 0.2) is 5.11 Å². The summed E-state index contributed by atoms with van der Waals surface area (Å²) < 4.78 is 2.01. The van der Waals surface area contributed by atoms with Crippen LogP contribution in [0, 0.1) is 0 Å². The van der Waals surface area contributed by atoms with Gasteiger partial charge < -0.3 is 5.32 Å². The minimum Gasteiger partial charge on any atom is -0.332 e. The summed E-state index contributed by atoms with van der Waals surface area (Å²) in [6.07, 6.45) is 0. The minimum atomic E-state index is -0.285. The van der Waals surface area contributed by atoms with E-state index in [4.69, 9.17) is 28.8 Å². The van der Waals surface area contributed by atoms with Crippen LogP contribution in [-0.2, 0) is 0 Å². The second-order valence-electron chi connectivity index (χ2n) is 7.23. The fourth-order valence-corrected chi connectivity index (χ4v) is 5.45. The summed E-state index contributed by atoms with van der Waals surface area (Å²) in [5.74, 6) is -0.285. The van der Waals surface area contributed by atoms with E-state index in [1.54, 1.807) is 23.5 Å². The van der Waals surface area contributed by atoms with E-state index in [0.29, 0.717) is 16.3 Å². The van der Waals surface area contributed by atoms with Crippen molar-refractivity contribution in [2.24, 2.45) is 0 Å². The summed E-state index contributed by atoms with van der Waals surface area (Å²) in [6, 6.07) is 24.7. The molecule has 4 nitrogen and oxygen atoms in total. The first kappa shape index (κ1) is 22.0. The van der Waals surface area contributed by atoms with Crippen molar-refractivity contribution in [3.63, 3.8) is 0 Å². The quantitative estimate of drug-likeness (QED) is 0.226. The van der Waals surface area contributed by atoms with Gasteiger partial charge in [0, 0.05) is 20.6 Å². The Morgan fingerprint density at radius 3 is 2.61 bits per heavy atom. The Labute approximate surface area is 212 Å². The monoisotopic (exact) mass is 551 g/mol. The predicted molar refractivity (Wildman–Crippen MR) is 145 cm³/mol. The number of anilines is 1. The number of thiocarbonyl (C=S) groups is 1. The maximum atomic E-state index is 13.0. The van der Waals surface area contributed by atoms with Gasteiger partial charge in [0.05, 0.1) is 15.9 Å². The van der Waals surface area contributed by atoms with Crippen LogP contribution in [0.4, 0.5) is 5.69 Å². The number of thiazole rings is 1. The number of fused-ring (bicyclic) bond motifs is 2. The van der Waals surface area contributed by atoms with Crippen LogP contribution in [0.3, 0.4) is 0 Å². The smallest absolute Gasteiger partial charge is 0.258 e. The van der Waals surface area contributed by atoms with Crippen LogP contribution in [-0.4, -0.2) is 16.0 Å². The lowest BCUT2D eigenvalue weighted by Crippen LogP contribution is -2.34. The molecule has 1 heterocycles. The van der Waals surface area contributed by atoms with Crippen molar-refractivity contribution < 1.29 is 4.79 Å². The third-order valence-electron chi connectivity index (χ3n) is 5.09. The zero-order valence-electron chi connectivity index (χ0n) is 16.9. The number of hydrogen-bond acceptors (Lipinski definition) is 4. The number of rotatable bonds is 3. The molecule has 0 spiro atoms. The van der Waals surface area contributed by atoms with Gasteiger partial charge in [-0.1, -0.05) is 63.9 Å². The molecule has 1 amide bonds. The number of carbonyl (C=O) groups is 1. The third-order valence-corrected chi connectivity index (χ3v) is 7.30. The SMILES string of the molecule is O=C(NC(=S)Nc1ccc(Cl)cc1-c1nc2ccccc2s1)c1cccc2c(Br)cccc12. The van der Waals surface area contributed by atoms with Gasteiger partial charge in [0.25, 0.3) is 5.91 Å². The molecule has 0 radical (unpaired) electrons. The molecule has 0 saturated carbocycles. The molecule has 2 N–H and O–H groups in total. The normalized spacial score (nSPS) is 11.0. The number of halogens is 2. The number of aromatic nitrogens is 1. The third kappa shape index (κ3) is 4.50. The highest BCUT2D eigenvalue weighted by Crippen LogP contribution is 2.36. The van der Waals surface area contributed by atoms with E-state index < -0.39 is 0 Å². The fourth-order valence-electron chi connectivity index (χ4n) is 3.58. The zero-order chi connectivity index (χ0) is 22.9. The Bertz CT molecular complexity index is 1520. The number of nitrogens with zero attached hydrogens (tertiary/aromatic N) is 1. The van der Waals surface area contributed by atoms with E-state index in [0.717, 1.165) is 36.0 Å². The van der Waals surface area contributed by atoms with Crippen molar-refractivity contribution >= 4 is 88.8 Å². The highest BCUT2D eigenvalue weighted by atomic mass is 79.9. The Kier molecular flexibility index (Phi) is 6.12. The Morgan fingerprint density at radius 2 is 1.76 bits per heavy atom. The molecule has 8 heteroatoms. The van der Waals surface area contributed by atoms with Crippen LogP contribution in [0.2, 0.25) is 5.02 Å². The Morgan fingerprint density at radius 1 is 0.970 bits per heavy atom. The van der Waals surface area contributed by atoms with E-state index in [1.165, 1.54) is 0 Å². The molecule has 5 rings (SSSR count). The summed E-state index contributed by atoms with van der Waals surface area (Å²) in [7, 11) is 0. The molecular weight excluding hydrogens is 538 g/mol. The van der Waals surface area contributed by atoms with Gasteiger partial charge in [0.1, 0.15) is 5.01 Å². The first-order valence-corrected chi connectivity index (χ1v) is 12.3. The van der Waals surface area contributed by atoms with Crippen molar-refractivity contribution in [1.82, 2.24) is 10.3 Å². The molecule has 0 bridgehead atoms. The van der Waals surface area contributed by atoms with Gasteiger partial charge in [-0.05, 0) is 65.5 Å². The molecule has 0 fully saturated rings. The summed E-state index contributed by atoms with van der Waals surface area (Å²) in [6.45, 7) is 0. The molecule has 0 unspecified atom stereocenters. The van der Waals surface area contributed by atoms with Crippen LogP contribution in [0.1, 0.15) is 10.4 Å². The second kappa shape index (κ2) is 9.19. The second-order valence-corrected chi connectivity index (χ2v) is 9.96. The summed E-state index contributed by atoms with van der Waals surface area (Å²) in [4.78, 5) is 17.7. The van der Waals surface area contributed by atoms with E-state index in [1.807, 2.05) is 66.7 Å². The zero-order valence-corrected chi connectivity index (χ0v) is 20.9. The first-order chi connectivity index (χ1) is 16.0. The molecule has 5 aromatic rings. The largest absolute Gasteiger partial charge is 0.332 e. The van der Waals surface area contributed by atoms with Gasteiger partial charge >= 0.3 is 0 Å². The summed E-state index contributed by atoms with van der Waals surface area (Å²) in [5, 5.41) is 9.33. The number of para-hydroxylation sites is 1.